The Morgan fingerprint density at radius 3 is 0.925 bits per heavy atom. The van der Waals surface area contributed by atoms with Gasteiger partial charge in [0.2, 0.25) is 0 Å². The van der Waals surface area contributed by atoms with Crippen molar-refractivity contribution in [3.63, 3.8) is 0 Å². The van der Waals surface area contributed by atoms with E-state index in [4.69, 9.17) is 14.2 Å². The lowest BCUT2D eigenvalue weighted by atomic mass is 10.0. The maximum Gasteiger partial charge on any atom is 0.306 e. The summed E-state index contributed by atoms with van der Waals surface area (Å²) in [7, 11) is 0. The SMILES string of the molecule is CCCCCCCCCCCCCCCC(=O)OC[C@@H](COC(=O)CCCCCCCCCC(C)C)OC(=O)CCCCCCCCCCCC(C)C. The lowest BCUT2D eigenvalue weighted by Crippen LogP contribution is -2.30. The van der Waals surface area contributed by atoms with Crippen LogP contribution in [0.3, 0.4) is 0 Å². The number of ether oxygens (including phenoxy) is 3. The van der Waals surface area contributed by atoms with Crippen molar-refractivity contribution < 1.29 is 28.6 Å². The first-order valence-corrected chi connectivity index (χ1v) is 23.2. The number of unbranched alkanes of at least 4 members (excludes halogenated alkanes) is 26. The molecule has 0 saturated heterocycles. The van der Waals surface area contributed by atoms with Gasteiger partial charge >= 0.3 is 17.9 Å². The summed E-state index contributed by atoms with van der Waals surface area (Å²) in [6.45, 7) is 11.3. The maximum absolute atomic E-state index is 12.7. The molecule has 0 heterocycles. The second kappa shape index (κ2) is 40.1. The molecule has 0 N–H and O–H groups in total. The Morgan fingerprint density at radius 2 is 0.623 bits per heavy atom. The Morgan fingerprint density at radius 1 is 0.358 bits per heavy atom. The topological polar surface area (TPSA) is 78.9 Å². The Balaban J connectivity index is 4.33. The van der Waals surface area contributed by atoms with Crippen LogP contribution in [0.25, 0.3) is 0 Å². The predicted octanol–water partition coefficient (Wildman–Crippen LogP) is 14.6. The highest BCUT2D eigenvalue weighted by atomic mass is 16.6. The van der Waals surface area contributed by atoms with Gasteiger partial charge in [0.1, 0.15) is 13.2 Å². The minimum absolute atomic E-state index is 0.0652. The fourth-order valence-electron chi connectivity index (χ4n) is 6.93. The summed E-state index contributed by atoms with van der Waals surface area (Å²) < 4.78 is 16.7. The van der Waals surface area contributed by atoms with E-state index in [2.05, 4.69) is 34.6 Å². The zero-order chi connectivity index (χ0) is 39.0. The van der Waals surface area contributed by atoms with Crippen LogP contribution in [-0.2, 0) is 28.6 Å². The van der Waals surface area contributed by atoms with Crippen molar-refractivity contribution in [3.05, 3.63) is 0 Å². The number of carbonyl (C=O) groups excluding carboxylic acids is 3. The third-order valence-electron chi connectivity index (χ3n) is 10.5. The van der Waals surface area contributed by atoms with Gasteiger partial charge < -0.3 is 14.2 Å². The van der Waals surface area contributed by atoms with Gasteiger partial charge in [0, 0.05) is 19.3 Å². The van der Waals surface area contributed by atoms with Crippen molar-refractivity contribution in [2.45, 2.75) is 259 Å². The minimum Gasteiger partial charge on any atom is -0.462 e. The van der Waals surface area contributed by atoms with Crippen LogP contribution in [0, 0.1) is 11.8 Å². The molecule has 6 nitrogen and oxygen atoms in total. The van der Waals surface area contributed by atoms with Crippen LogP contribution in [0.2, 0.25) is 0 Å². The van der Waals surface area contributed by atoms with Gasteiger partial charge in [-0.05, 0) is 31.1 Å². The Bertz CT molecular complexity index is 809. The van der Waals surface area contributed by atoms with E-state index in [0.717, 1.165) is 69.6 Å². The summed E-state index contributed by atoms with van der Waals surface area (Å²) in [6.07, 6.45) is 38.1. The van der Waals surface area contributed by atoms with E-state index in [-0.39, 0.29) is 31.1 Å². The van der Waals surface area contributed by atoms with Gasteiger partial charge in [0.05, 0.1) is 0 Å². The molecule has 0 rings (SSSR count). The summed E-state index contributed by atoms with van der Waals surface area (Å²) >= 11 is 0. The molecule has 0 aromatic heterocycles. The van der Waals surface area contributed by atoms with Gasteiger partial charge in [-0.15, -0.1) is 0 Å². The molecule has 0 aliphatic heterocycles. The third kappa shape index (κ3) is 41.4. The van der Waals surface area contributed by atoms with Gasteiger partial charge in [0.25, 0.3) is 0 Å². The average Bonchev–Trinajstić information content (AvgIpc) is 3.12. The van der Waals surface area contributed by atoms with E-state index in [9.17, 15) is 14.4 Å². The Hall–Kier alpha value is -1.59. The molecule has 0 amide bonds. The summed E-state index contributed by atoms with van der Waals surface area (Å²) in [5.74, 6) is 0.728. The van der Waals surface area contributed by atoms with Crippen molar-refractivity contribution >= 4 is 17.9 Å². The van der Waals surface area contributed by atoms with Crippen molar-refractivity contribution in [3.8, 4) is 0 Å². The van der Waals surface area contributed by atoms with Gasteiger partial charge in [-0.2, -0.15) is 0 Å². The first kappa shape index (κ1) is 51.4. The van der Waals surface area contributed by atoms with Crippen LogP contribution in [0.15, 0.2) is 0 Å². The smallest absolute Gasteiger partial charge is 0.306 e. The van der Waals surface area contributed by atoms with Gasteiger partial charge in [-0.25, -0.2) is 0 Å². The highest BCUT2D eigenvalue weighted by molar-refractivity contribution is 5.71. The van der Waals surface area contributed by atoms with Crippen LogP contribution in [-0.4, -0.2) is 37.2 Å². The molecule has 0 aliphatic rings. The number of hydrogen-bond acceptors (Lipinski definition) is 6. The number of hydrogen-bond donors (Lipinski definition) is 0. The van der Waals surface area contributed by atoms with Gasteiger partial charge in [-0.1, -0.05) is 214 Å². The first-order chi connectivity index (χ1) is 25.7. The van der Waals surface area contributed by atoms with Gasteiger partial charge in [-0.3, -0.25) is 14.4 Å². The average molecular weight is 751 g/mol. The Kier molecular flexibility index (Phi) is 38.9. The summed E-state index contributed by atoms with van der Waals surface area (Å²) in [4.78, 5) is 37.7. The van der Waals surface area contributed by atoms with Crippen molar-refractivity contribution in [1.82, 2.24) is 0 Å². The van der Waals surface area contributed by atoms with E-state index in [1.807, 2.05) is 0 Å². The molecule has 0 fully saturated rings. The lowest BCUT2D eigenvalue weighted by molar-refractivity contribution is -0.167. The third-order valence-corrected chi connectivity index (χ3v) is 10.5. The van der Waals surface area contributed by atoms with Crippen LogP contribution in [0.1, 0.15) is 253 Å². The second-order valence-corrected chi connectivity index (χ2v) is 17.0. The van der Waals surface area contributed by atoms with Crippen LogP contribution < -0.4 is 0 Å². The molecule has 0 aliphatic carbocycles. The van der Waals surface area contributed by atoms with Crippen LogP contribution in [0.4, 0.5) is 0 Å². The number of rotatable bonds is 41. The van der Waals surface area contributed by atoms with E-state index in [1.54, 1.807) is 0 Å². The largest absolute Gasteiger partial charge is 0.462 e. The van der Waals surface area contributed by atoms with Crippen molar-refractivity contribution in [2.24, 2.45) is 11.8 Å². The molecular weight excluding hydrogens is 661 g/mol. The highest BCUT2D eigenvalue weighted by Crippen LogP contribution is 2.16. The minimum atomic E-state index is -0.761. The number of esters is 3. The zero-order valence-corrected chi connectivity index (χ0v) is 36.1. The molecule has 0 spiro atoms. The van der Waals surface area contributed by atoms with Crippen LogP contribution in [0.5, 0.6) is 0 Å². The fraction of sp³-hybridized carbons (Fsp3) is 0.936. The maximum atomic E-state index is 12.7. The zero-order valence-electron chi connectivity index (χ0n) is 36.1. The standard InChI is InChI=1S/C47H90O6/c1-6-7-8-9-10-11-12-13-14-17-22-27-32-37-45(48)51-40-44(41-52-46(49)38-33-28-24-19-21-26-31-36-43(4)5)53-47(50)39-34-29-23-18-15-16-20-25-30-35-42(2)3/h42-44H,6-41H2,1-5H3/t44-/m0/s1. The molecule has 0 bridgehead atoms. The molecule has 6 heteroatoms. The fourth-order valence-corrected chi connectivity index (χ4v) is 6.93. The molecule has 0 aromatic carbocycles. The van der Waals surface area contributed by atoms with Crippen LogP contribution >= 0.6 is 0 Å². The summed E-state index contributed by atoms with van der Waals surface area (Å²) in [5, 5.41) is 0. The predicted molar refractivity (Wildman–Crippen MR) is 224 cm³/mol. The second-order valence-electron chi connectivity index (χ2n) is 17.0. The molecule has 1 atom stereocenters. The molecule has 0 saturated carbocycles. The van der Waals surface area contributed by atoms with E-state index < -0.39 is 6.10 Å². The van der Waals surface area contributed by atoms with Crippen molar-refractivity contribution in [2.75, 3.05) is 13.2 Å². The summed E-state index contributed by atoms with van der Waals surface area (Å²) in [6, 6.07) is 0. The molecule has 53 heavy (non-hydrogen) atoms. The molecule has 0 unspecified atom stereocenters. The molecule has 314 valence electrons. The van der Waals surface area contributed by atoms with E-state index >= 15 is 0 Å². The normalized spacial score (nSPS) is 12.1. The van der Waals surface area contributed by atoms with Gasteiger partial charge in [0.15, 0.2) is 6.10 Å². The monoisotopic (exact) mass is 751 g/mol. The van der Waals surface area contributed by atoms with E-state index in [0.29, 0.717) is 19.3 Å². The lowest BCUT2D eigenvalue weighted by Gasteiger charge is -2.18. The molecular formula is C47H90O6. The molecule has 0 radical (unpaired) electrons. The highest BCUT2D eigenvalue weighted by Gasteiger charge is 2.19. The van der Waals surface area contributed by atoms with E-state index in [1.165, 1.54) is 141 Å². The number of carbonyl (C=O) groups is 3. The van der Waals surface area contributed by atoms with Crippen molar-refractivity contribution in [1.29, 1.82) is 0 Å². The first-order valence-electron chi connectivity index (χ1n) is 23.2. The molecule has 0 aromatic rings. The summed E-state index contributed by atoms with van der Waals surface area (Å²) in [5.41, 5.74) is 0. The quantitative estimate of drug-likeness (QED) is 0.0352. The Labute approximate surface area is 329 Å².